The molecule has 0 aliphatic rings. The highest BCUT2D eigenvalue weighted by molar-refractivity contribution is 6.31. The molecule has 0 aromatic heterocycles. The van der Waals surface area contributed by atoms with Crippen LogP contribution in [0.2, 0.25) is 5.02 Å². The third kappa shape index (κ3) is 5.43. The van der Waals surface area contributed by atoms with Crippen LogP contribution in [-0.4, -0.2) is 23.2 Å². The first-order chi connectivity index (χ1) is 14.0. The Kier molecular flexibility index (Phi) is 6.60. The standard InChI is InChI=1S/C22H17ClN2O4/c23-19-7-3-1-6-18(19)14-29-20-8-4-2-5-17(20)13-24-25-21(26)15-9-11-16(12-10-15)22(27)28/h1-13H,14H2,(H,25,26)(H,27,28). The Morgan fingerprint density at radius 3 is 2.34 bits per heavy atom. The number of carboxylic acid groups (broad SMARTS) is 1. The van der Waals surface area contributed by atoms with Gasteiger partial charge in [0, 0.05) is 21.7 Å². The van der Waals surface area contributed by atoms with Gasteiger partial charge in [-0.1, -0.05) is 41.9 Å². The van der Waals surface area contributed by atoms with Crippen LogP contribution in [0.15, 0.2) is 77.9 Å². The second-order valence-electron chi connectivity index (χ2n) is 6.00. The second-order valence-corrected chi connectivity index (χ2v) is 6.41. The van der Waals surface area contributed by atoms with Gasteiger partial charge in [0.15, 0.2) is 0 Å². The summed E-state index contributed by atoms with van der Waals surface area (Å²) in [6.45, 7) is 0.298. The molecule has 29 heavy (non-hydrogen) atoms. The number of aromatic carboxylic acids is 1. The summed E-state index contributed by atoms with van der Waals surface area (Å²) in [5.74, 6) is -0.910. The van der Waals surface area contributed by atoms with Gasteiger partial charge in [0.1, 0.15) is 12.4 Å². The Morgan fingerprint density at radius 2 is 1.62 bits per heavy atom. The molecule has 0 aliphatic carbocycles. The van der Waals surface area contributed by atoms with Gasteiger partial charge in [0.2, 0.25) is 0 Å². The molecule has 146 valence electrons. The molecule has 0 heterocycles. The van der Waals surface area contributed by atoms with Crippen LogP contribution >= 0.6 is 11.6 Å². The number of hydrazone groups is 1. The van der Waals surface area contributed by atoms with E-state index in [9.17, 15) is 9.59 Å². The number of hydrogen-bond acceptors (Lipinski definition) is 4. The minimum absolute atomic E-state index is 0.106. The van der Waals surface area contributed by atoms with Gasteiger partial charge >= 0.3 is 5.97 Å². The maximum absolute atomic E-state index is 12.1. The fourth-order valence-electron chi connectivity index (χ4n) is 2.48. The molecule has 0 spiro atoms. The van der Waals surface area contributed by atoms with Crippen LogP contribution in [-0.2, 0) is 6.61 Å². The van der Waals surface area contributed by atoms with E-state index in [2.05, 4.69) is 10.5 Å². The average molecular weight is 409 g/mol. The Labute approximate surface area is 172 Å². The van der Waals surface area contributed by atoms with E-state index in [4.69, 9.17) is 21.4 Å². The summed E-state index contributed by atoms with van der Waals surface area (Å²) in [6, 6.07) is 20.3. The molecule has 0 radical (unpaired) electrons. The molecule has 2 N–H and O–H groups in total. The second kappa shape index (κ2) is 9.52. The number of amides is 1. The van der Waals surface area contributed by atoms with Gasteiger partial charge in [-0.2, -0.15) is 5.10 Å². The van der Waals surface area contributed by atoms with Crippen LogP contribution < -0.4 is 10.2 Å². The van der Waals surface area contributed by atoms with Crippen molar-refractivity contribution in [2.24, 2.45) is 5.10 Å². The number of ether oxygens (including phenoxy) is 1. The minimum atomic E-state index is -1.05. The normalized spacial score (nSPS) is 10.7. The van der Waals surface area contributed by atoms with Crippen LogP contribution in [0.25, 0.3) is 0 Å². The van der Waals surface area contributed by atoms with Crippen molar-refractivity contribution >= 4 is 29.7 Å². The first kappa shape index (κ1) is 20.1. The van der Waals surface area contributed by atoms with E-state index in [1.807, 2.05) is 30.3 Å². The number of rotatable bonds is 7. The molecule has 0 bridgehead atoms. The Hall–Kier alpha value is -3.64. The van der Waals surface area contributed by atoms with Gasteiger partial charge in [0.25, 0.3) is 5.91 Å². The van der Waals surface area contributed by atoms with Crippen molar-refractivity contribution < 1.29 is 19.4 Å². The van der Waals surface area contributed by atoms with E-state index >= 15 is 0 Å². The van der Waals surface area contributed by atoms with Crippen LogP contribution in [0.5, 0.6) is 5.75 Å². The number of nitrogens with zero attached hydrogens (tertiary/aromatic N) is 1. The average Bonchev–Trinajstić information content (AvgIpc) is 2.74. The zero-order chi connectivity index (χ0) is 20.6. The van der Waals surface area contributed by atoms with Crippen molar-refractivity contribution in [1.82, 2.24) is 5.43 Å². The highest BCUT2D eigenvalue weighted by Crippen LogP contribution is 2.20. The van der Waals surface area contributed by atoms with Crippen molar-refractivity contribution in [2.75, 3.05) is 0 Å². The first-order valence-corrected chi connectivity index (χ1v) is 9.04. The molecule has 1 amide bonds. The molecular weight excluding hydrogens is 392 g/mol. The van der Waals surface area contributed by atoms with E-state index in [1.165, 1.54) is 30.5 Å². The Morgan fingerprint density at radius 1 is 0.966 bits per heavy atom. The number of carbonyl (C=O) groups excluding carboxylic acids is 1. The molecule has 3 aromatic carbocycles. The third-order valence-corrected chi connectivity index (χ3v) is 4.39. The zero-order valence-electron chi connectivity index (χ0n) is 15.2. The highest BCUT2D eigenvalue weighted by Gasteiger charge is 2.07. The molecule has 0 saturated carbocycles. The quantitative estimate of drug-likeness (QED) is 0.448. The summed E-state index contributed by atoms with van der Waals surface area (Å²) < 4.78 is 5.84. The number of carbonyl (C=O) groups is 2. The van der Waals surface area contributed by atoms with Crippen molar-refractivity contribution in [2.45, 2.75) is 6.61 Å². The molecule has 3 rings (SSSR count). The Balaban J connectivity index is 1.64. The van der Waals surface area contributed by atoms with Gasteiger partial charge < -0.3 is 9.84 Å². The van der Waals surface area contributed by atoms with Crippen LogP contribution in [0.3, 0.4) is 0 Å². The lowest BCUT2D eigenvalue weighted by molar-refractivity contribution is 0.0696. The zero-order valence-corrected chi connectivity index (χ0v) is 16.0. The molecule has 0 saturated heterocycles. The lowest BCUT2D eigenvalue weighted by Crippen LogP contribution is -2.17. The minimum Gasteiger partial charge on any atom is -0.488 e. The fraction of sp³-hybridized carbons (Fsp3) is 0.0455. The van der Waals surface area contributed by atoms with Crippen LogP contribution in [0.4, 0.5) is 0 Å². The van der Waals surface area contributed by atoms with Crippen molar-refractivity contribution in [3.8, 4) is 5.75 Å². The van der Waals surface area contributed by atoms with E-state index < -0.39 is 11.9 Å². The Bertz CT molecular complexity index is 1050. The fourth-order valence-corrected chi connectivity index (χ4v) is 2.67. The van der Waals surface area contributed by atoms with E-state index in [1.54, 1.807) is 18.2 Å². The summed E-state index contributed by atoms with van der Waals surface area (Å²) in [6.07, 6.45) is 1.48. The smallest absolute Gasteiger partial charge is 0.335 e. The van der Waals surface area contributed by atoms with Crippen LogP contribution in [0.1, 0.15) is 31.8 Å². The predicted molar refractivity (Wildman–Crippen MR) is 111 cm³/mol. The molecule has 0 unspecified atom stereocenters. The molecule has 0 aliphatic heterocycles. The lowest BCUT2D eigenvalue weighted by Gasteiger charge is -2.10. The number of hydrogen-bond donors (Lipinski definition) is 2. The summed E-state index contributed by atoms with van der Waals surface area (Å²) in [7, 11) is 0. The van der Waals surface area contributed by atoms with Gasteiger partial charge in [-0.05, 0) is 42.5 Å². The molecule has 6 nitrogen and oxygen atoms in total. The number of halogens is 1. The monoisotopic (exact) mass is 408 g/mol. The van der Waals surface area contributed by atoms with Crippen molar-refractivity contribution in [3.05, 3.63) is 100 Å². The highest BCUT2D eigenvalue weighted by atomic mass is 35.5. The SMILES string of the molecule is O=C(O)c1ccc(C(=O)NN=Cc2ccccc2OCc2ccccc2Cl)cc1. The molecule has 3 aromatic rings. The van der Waals surface area contributed by atoms with Crippen LogP contribution in [0, 0.1) is 0 Å². The molecule has 0 atom stereocenters. The number of para-hydroxylation sites is 1. The van der Waals surface area contributed by atoms with Gasteiger partial charge in [-0.15, -0.1) is 0 Å². The summed E-state index contributed by atoms with van der Waals surface area (Å²) in [4.78, 5) is 23.0. The maximum Gasteiger partial charge on any atom is 0.335 e. The predicted octanol–water partition coefficient (Wildman–Crippen LogP) is 4.38. The van der Waals surface area contributed by atoms with Crippen molar-refractivity contribution in [1.29, 1.82) is 0 Å². The van der Waals surface area contributed by atoms with E-state index in [-0.39, 0.29) is 5.56 Å². The van der Waals surface area contributed by atoms with E-state index in [0.29, 0.717) is 28.5 Å². The maximum atomic E-state index is 12.1. The third-order valence-electron chi connectivity index (χ3n) is 4.02. The molecular formula is C22H17ClN2O4. The summed E-state index contributed by atoms with van der Waals surface area (Å²) in [5, 5.41) is 13.5. The van der Waals surface area contributed by atoms with E-state index in [0.717, 1.165) is 5.56 Å². The van der Waals surface area contributed by atoms with Gasteiger partial charge in [-0.25, -0.2) is 10.2 Å². The lowest BCUT2D eigenvalue weighted by atomic mass is 10.1. The topological polar surface area (TPSA) is 88.0 Å². The summed E-state index contributed by atoms with van der Waals surface area (Å²) in [5.41, 5.74) is 4.36. The van der Waals surface area contributed by atoms with Crippen molar-refractivity contribution in [3.63, 3.8) is 0 Å². The number of benzene rings is 3. The largest absolute Gasteiger partial charge is 0.488 e. The number of carboxylic acids is 1. The number of nitrogens with one attached hydrogen (secondary N) is 1. The summed E-state index contributed by atoms with van der Waals surface area (Å²) >= 11 is 6.15. The first-order valence-electron chi connectivity index (χ1n) is 8.66. The van der Waals surface area contributed by atoms with Gasteiger partial charge in [0.05, 0.1) is 11.8 Å². The molecule has 7 heteroatoms. The van der Waals surface area contributed by atoms with Gasteiger partial charge in [-0.3, -0.25) is 4.79 Å². The molecule has 0 fully saturated rings.